The number of hydrogen-bond acceptors (Lipinski definition) is 6. The summed E-state index contributed by atoms with van der Waals surface area (Å²) in [5.74, 6) is 0.908. The lowest BCUT2D eigenvalue weighted by Crippen LogP contribution is -2.22. The van der Waals surface area contributed by atoms with Gasteiger partial charge in [-0.15, -0.1) is 11.8 Å². The first-order valence-corrected chi connectivity index (χ1v) is 10.3. The van der Waals surface area contributed by atoms with Crippen LogP contribution in [-0.4, -0.2) is 35.9 Å². The Bertz CT molecular complexity index is 1060. The van der Waals surface area contributed by atoms with Crippen LogP contribution in [0.15, 0.2) is 52.4 Å². The normalized spacial score (nSPS) is 10.7. The molecule has 0 saturated heterocycles. The average Bonchev–Trinajstić information content (AvgIpc) is 2.75. The van der Waals surface area contributed by atoms with Gasteiger partial charge >= 0.3 is 0 Å². The molecule has 8 heteroatoms. The number of nitrogens with one attached hydrogen (secondary N) is 1. The first-order valence-electron chi connectivity index (χ1n) is 9.10. The van der Waals surface area contributed by atoms with E-state index in [9.17, 15) is 9.59 Å². The largest absolute Gasteiger partial charge is 0.493 e. The Morgan fingerprint density at radius 2 is 1.83 bits per heavy atom. The molecule has 1 heterocycles. The lowest BCUT2D eigenvalue weighted by Gasteiger charge is -2.10. The maximum absolute atomic E-state index is 12.7. The molecule has 3 rings (SSSR count). The summed E-state index contributed by atoms with van der Waals surface area (Å²) in [5, 5.41) is 3.32. The summed E-state index contributed by atoms with van der Waals surface area (Å²) in [6, 6.07) is 11.0. The number of methoxy groups -OCH3 is 2. The van der Waals surface area contributed by atoms with Gasteiger partial charge in [0.2, 0.25) is 5.91 Å². The molecule has 1 aromatic heterocycles. The monoisotopic (exact) mass is 413 g/mol. The van der Waals surface area contributed by atoms with Crippen LogP contribution in [0, 0.1) is 0 Å². The first-order chi connectivity index (χ1) is 14.0. The third kappa shape index (κ3) is 4.89. The van der Waals surface area contributed by atoms with E-state index in [0.29, 0.717) is 41.8 Å². The second kappa shape index (κ2) is 9.47. The number of rotatable bonds is 8. The van der Waals surface area contributed by atoms with Crippen molar-refractivity contribution < 1.29 is 14.3 Å². The number of thioether (sulfide) groups is 1. The summed E-state index contributed by atoms with van der Waals surface area (Å²) in [6.07, 6.45) is 4.33. The van der Waals surface area contributed by atoms with E-state index >= 15 is 0 Å². The van der Waals surface area contributed by atoms with Gasteiger partial charge in [-0.05, 0) is 43.0 Å². The number of benzene rings is 2. The number of aryl methyl sites for hydroxylation is 1. The molecule has 29 heavy (non-hydrogen) atoms. The molecule has 3 aromatic rings. The second-order valence-electron chi connectivity index (χ2n) is 6.35. The zero-order valence-electron chi connectivity index (χ0n) is 16.6. The molecular weight excluding hydrogens is 390 g/mol. The molecule has 0 spiro atoms. The van der Waals surface area contributed by atoms with Gasteiger partial charge in [0.25, 0.3) is 5.56 Å². The number of nitrogens with zero attached hydrogens (tertiary/aromatic N) is 2. The third-order valence-corrected chi connectivity index (χ3v) is 5.25. The zero-order chi connectivity index (χ0) is 20.8. The van der Waals surface area contributed by atoms with E-state index in [1.165, 1.54) is 25.1 Å². The van der Waals surface area contributed by atoms with Crippen LogP contribution >= 0.6 is 11.8 Å². The van der Waals surface area contributed by atoms with Crippen LogP contribution in [-0.2, 0) is 11.3 Å². The van der Waals surface area contributed by atoms with E-state index in [-0.39, 0.29) is 11.5 Å². The maximum atomic E-state index is 12.7. The average molecular weight is 413 g/mol. The number of fused-ring (bicyclic) bond motifs is 1. The van der Waals surface area contributed by atoms with Gasteiger partial charge in [-0.1, -0.05) is 0 Å². The first kappa shape index (κ1) is 20.7. The minimum Gasteiger partial charge on any atom is -0.493 e. The van der Waals surface area contributed by atoms with Gasteiger partial charge < -0.3 is 14.8 Å². The molecule has 0 bridgehead atoms. The fourth-order valence-corrected chi connectivity index (χ4v) is 3.36. The van der Waals surface area contributed by atoms with Gasteiger partial charge in [0.15, 0.2) is 11.5 Å². The van der Waals surface area contributed by atoms with Crippen molar-refractivity contribution >= 4 is 34.3 Å². The fourth-order valence-electron chi connectivity index (χ4n) is 2.95. The molecule has 0 radical (unpaired) electrons. The van der Waals surface area contributed by atoms with Crippen molar-refractivity contribution in [1.82, 2.24) is 9.55 Å². The number of aromatic nitrogens is 2. The van der Waals surface area contributed by atoms with Crippen molar-refractivity contribution in [1.29, 1.82) is 0 Å². The fraction of sp³-hybridized carbons (Fsp3) is 0.286. The number of ether oxygens (including phenoxy) is 2. The van der Waals surface area contributed by atoms with Crippen molar-refractivity contribution in [2.24, 2.45) is 0 Å². The standard InChI is InChI=1S/C21H23N3O4S/c1-27-18-11-16-17(12-19(18)28-2)22-13-24(21(16)26)10-4-5-20(25)23-14-6-8-15(29-3)9-7-14/h6-9,11-13H,4-5,10H2,1-3H3,(H,23,25). The Morgan fingerprint density at radius 1 is 1.14 bits per heavy atom. The summed E-state index contributed by atoms with van der Waals surface area (Å²) in [6.45, 7) is 0.398. The molecular formula is C21H23N3O4S. The van der Waals surface area contributed by atoms with E-state index < -0.39 is 0 Å². The van der Waals surface area contributed by atoms with E-state index in [1.807, 2.05) is 30.5 Å². The number of carbonyl (C=O) groups excluding carboxylic acids is 1. The van der Waals surface area contributed by atoms with Gasteiger partial charge in [-0.25, -0.2) is 4.98 Å². The van der Waals surface area contributed by atoms with Crippen LogP contribution < -0.4 is 20.3 Å². The minimum absolute atomic E-state index is 0.0879. The highest BCUT2D eigenvalue weighted by molar-refractivity contribution is 7.98. The molecule has 0 fully saturated rings. The predicted octanol–water partition coefficient (Wildman–Crippen LogP) is 3.55. The van der Waals surface area contributed by atoms with E-state index in [1.54, 1.807) is 23.9 Å². The predicted molar refractivity (Wildman–Crippen MR) is 115 cm³/mol. The molecule has 0 unspecified atom stereocenters. The lowest BCUT2D eigenvalue weighted by atomic mass is 10.2. The Hall–Kier alpha value is -3.00. The summed E-state index contributed by atoms with van der Waals surface area (Å²) in [4.78, 5) is 30.4. The van der Waals surface area contributed by atoms with Crippen LogP contribution in [0.1, 0.15) is 12.8 Å². The van der Waals surface area contributed by atoms with Crippen molar-refractivity contribution in [3.05, 3.63) is 53.1 Å². The molecule has 0 saturated carbocycles. The van der Waals surface area contributed by atoms with Crippen LogP contribution in [0.2, 0.25) is 0 Å². The summed E-state index contributed by atoms with van der Waals surface area (Å²) < 4.78 is 12.0. The maximum Gasteiger partial charge on any atom is 0.261 e. The van der Waals surface area contributed by atoms with Crippen LogP contribution in [0.4, 0.5) is 5.69 Å². The highest BCUT2D eigenvalue weighted by atomic mass is 32.2. The van der Waals surface area contributed by atoms with E-state index in [0.717, 1.165) is 10.6 Å². The van der Waals surface area contributed by atoms with Crippen LogP contribution in [0.25, 0.3) is 10.9 Å². The van der Waals surface area contributed by atoms with Crippen molar-refractivity contribution in [2.75, 3.05) is 25.8 Å². The van der Waals surface area contributed by atoms with Gasteiger partial charge in [-0.2, -0.15) is 0 Å². The zero-order valence-corrected chi connectivity index (χ0v) is 17.4. The number of hydrogen-bond donors (Lipinski definition) is 1. The SMILES string of the molecule is COc1cc2ncn(CCCC(=O)Nc3ccc(SC)cc3)c(=O)c2cc1OC. The molecule has 1 N–H and O–H groups in total. The smallest absolute Gasteiger partial charge is 0.261 e. The Labute approximate surface area is 173 Å². The van der Waals surface area contributed by atoms with Gasteiger partial charge in [0.05, 0.1) is 31.4 Å². The number of amides is 1. The van der Waals surface area contributed by atoms with Crippen molar-refractivity contribution in [3.63, 3.8) is 0 Å². The molecule has 1 amide bonds. The molecule has 7 nitrogen and oxygen atoms in total. The summed E-state index contributed by atoms with van der Waals surface area (Å²) in [5.41, 5.74) is 1.12. The van der Waals surface area contributed by atoms with Gasteiger partial charge in [-0.3, -0.25) is 14.2 Å². The summed E-state index contributed by atoms with van der Waals surface area (Å²) in [7, 11) is 3.05. The topological polar surface area (TPSA) is 82.5 Å². The Kier molecular flexibility index (Phi) is 6.77. The highest BCUT2D eigenvalue weighted by Gasteiger charge is 2.11. The van der Waals surface area contributed by atoms with Crippen molar-refractivity contribution in [2.45, 2.75) is 24.3 Å². The Morgan fingerprint density at radius 3 is 2.48 bits per heavy atom. The second-order valence-corrected chi connectivity index (χ2v) is 7.23. The molecule has 0 aliphatic heterocycles. The third-order valence-electron chi connectivity index (χ3n) is 4.51. The van der Waals surface area contributed by atoms with E-state index in [2.05, 4.69) is 10.3 Å². The molecule has 0 aliphatic carbocycles. The minimum atomic E-state index is -0.177. The van der Waals surface area contributed by atoms with Crippen LogP contribution in [0.3, 0.4) is 0 Å². The molecule has 0 aliphatic rings. The number of carbonyl (C=O) groups is 1. The quantitative estimate of drug-likeness (QED) is 0.569. The number of anilines is 1. The highest BCUT2D eigenvalue weighted by Crippen LogP contribution is 2.29. The summed E-state index contributed by atoms with van der Waals surface area (Å²) >= 11 is 1.65. The molecule has 152 valence electrons. The van der Waals surface area contributed by atoms with Gasteiger partial charge in [0, 0.05) is 29.6 Å². The van der Waals surface area contributed by atoms with E-state index in [4.69, 9.17) is 9.47 Å². The van der Waals surface area contributed by atoms with Gasteiger partial charge in [0.1, 0.15) is 0 Å². The lowest BCUT2D eigenvalue weighted by molar-refractivity contribution is -0.116. The molecule has 2 aromatic carbocycles. The van der Waals surface area contributed by atoms with Crippen molar-refractivity contribution in [3.8, 4) is 11.5 Å². The molecule has 0 atom stereocenters. The Balaban J connectivity index is 1.64. The van der Waals surface area contributed by atoms with Crippen LogP contribution in [0.5, 0.6) is 11.5 Å².